The Morgan fingerprint density at radius 2 is 0.804 bits per heavy atom. The van der Waals surface area contributed by atoms with Crippen LogP contribution in [0.25, 0.3) is 0 Å². The molecule has 4 saturated heterocycles. The van der Waals surface area contributed by atoms with E-state index in [-0.39, 0.29) is 0 Å². The largest absolute Gasteiger partial charge is 0.396 e. The van der Waals surface area contributed by atoms with Gasteiger partial charge >= 0.3 is 0 Å². The van der Waals surface area contributed by atoms with Crippen LogP contribution < -0.4 is 5.32 Å². The molecule has 56 heavy (non-hydrogen) atoms. The third-order valence-corrected chi connectivity index (χ3v) is 11.4. The lowest BCUT2D eigenvalue weighted by Crippen LogP contribution is -2.73. The first kappa shape index (κ1) is 46.1. The Kier molecular flexibility index (Phi) is 15.8. The maximum atomic E-state index is 11.3. The van der Waals surface area contributed by atoms with Crippen molar-refractivity contribution in [3.8, 4) is 0 Å². The summed E-state index contributed by atoms with van der Waals surface area (Å²) in [5.41, 5.74) is 0. The molecule has 26 atom stereocenters. The van der Waals surface area contributed by atoms with Crippen molar-refractivity contribution in [3.63, 3.8) is 0 Å². The van der Waals surface area contributed by atoms with E-state index in [1.54, 1.807) is 0 Å². The van der Waals surface area contributed by atoms with Crippen LogP contribution in [-0.4, -0.2) is 261 Å². The van der Waals surface area contributed by atoms with Crippen molar-refractivity contribution in [3.05, 3.63) is 0 Å². The fourth-order valence-corrected chi connectivity index (χ4v) is 7.93. The van der Waals surface area contributed by atoms with Crippen molar-refractivity contribution in [1.82, 2.24) is 5.32 Å². The number of ether oxygens (including phenoxy) is 7. The highest BCUT2D eigenvalue weighted by atomic mass is 16.7. The van der Waals surface area contributed by atoms with E-state index in [0.717, 1.165) is 0 Å². The first-order chi connectivity index (χ1) is 26.4. The summed E-state index contributed by atoms with van der Waals surface area (Å²) in [7, 11) is 0. The van der Waals surface area contributed by atoms with Gasteiger partial charge in [-0.1, -0.05) is 0 Å². The first-order valence-electron chi connectivity index (χ1n) is 18.4. The summed E-state index contributed by atoms with van der Waals surface area (Å²) in [6, 6.07) is -2.88. The second kappa shape index (κ2) is 19.2. The van der Waals surface area contributed by atoms with Gasteiger partial charge in [0.05, 0.1) is 62.9 Å². The quantitative estimate of drug-likeness (QED) is 0.0869. The van der Waals surface area contributed by atoms with Gasteiger partial charge in [0.25, 0.3) is 0 Å². The third kappa shape index (κ3) is 8.90. The monoisotopic (exact) mass is 823 g/mol. The molecule has 0 spiro atoms. The van der Waals surface area contributed by atoms with Gasteiger partial charge in [-0.3, -0.25) is 0 Å². The van der Waals surface area contributed by atoms with Gasteiger partial charge in [0.15, 0.2) is 18.9 Å². The average molecular weight is 824 g/mol. The molecule has 0 radical (unpaired) electrons. The van der Waals surface area contributed by atoms with E-state index in [1.165, 1.54) is 13.8 Å². The van der Waals surface area contributed by atoms with Gasteiger partial charge in [0.1, 0.15) is 97.7 Å². The Morgan fingerprint density at radius 1 is 0.375 bits per heavy atom. The molecule has 0 aromatic carbocycles. The molecule has 5 rings (SSSR count). The molecule has 24 heteroatoms. The predicted octanol–water partition coefficient (Wildman–Crippen LogP) is -10.6. The number of hydrogen-bond acceptors (Lipinski definition) is 24. The van der Waals surface area contributed by atoms with E-state index in [9.17, 15) is 81.7 Å². The summed E-state index contributed by atoms with van der Waals surface area (Å²) in [6.07, 6.45) is -38.0. The van der Waals surface area contributed by atoms with Crippen molar-refractivity contribution in [2.24, 2.45) is 5.92 Å². The molecule has 5 aliphatic rings. The lowest BCUT2D eigenvalue weighted by molar-refractivity contribution is -0.367. The maximum Gasteiger partial charge on any atom is 0.187 e. The van der Waals surface area contributed by atoms with Gasteiger partial charge in [-0.05, 0) is 13.8 Å². The summed E-state index contributed by atoms with van der Waals surface area (Å²) < 4.78 is 39.1. The topological polar surface area (TPSA) is 400 Å². The molecule has 0 amide bonds. The minimum Gasteiger partial charge on any atom is -0.396 e. The zero-order chi connectivity index (χ0) is 41.5. The van der Waals surface area contributed by atoms with Crippen LogP contribution in [0.15, 0.2) is 0 Å². The van der Waals surface area contributed by atoms with Gasteiger partial charge in [-0.25, -0.2) is 0 Å². The summed E-state index contributed by atoms with van der Waals surface area (Å²) in [4.78, 5) is 0. The van der Waals surface area contributed by atoms with Crippen LogP contribution in [0.3, 0.4) is 0 Å². The number of hydrogen-bond donors (Lipinski definition) is 17. The molecule has 0 bridgehead atoms. The number of aliphatic hydroxyl groups is 16. The second-order valence-electron chi connectivity index (χ2n) is 15.0. The van der Waals surface area contributed by atoms with Crippen molar-refractivity contribution >= 4 is 0 Å². The normalized spacial score (nSPS) is 54.5. The Labute approximate surface area is 319 Å². The molecule has 5 fully saturated rings. The number of nitrogens with one attached hydrogen (secondary N) is 1. The second-order valence-corrected chi connectivity index (χ2v) is 15.0. The van der Waals surface area contributed by atoms with Crippen LogP contribution in [0.2, 0.25) is 0 Å². The first-order valence-corrected chi connectivity index (χ1v) is 18.4. The van der Waals surface area contributed by atoms with E-state index in [1.807, 2.05) is 0 Å². The summed E-state index contributed by atoms with van der Waals surface area (Å²) in [5, 5.41) is 171. The van der Waals surface area contributed by atoms with E-state index in [0.29, 0.717) is 0 Å². The van der Waals surface area contributed by atoms with Crippen LogP contribution in [0.4, 0.5) is 0 Å². The highest BCUT2D eigenvalue weighted by Gasteiger charge is 2.56. The average Bonchev–Trinajstić information content (AvgIpc) is 3.18. The van der Waals surface area contributed by atoms with Crippen LogP contribution in [0.1, 0.15) is 13.8 Å². The number of rotatable bonds is 12. The lowest BCUT2D eigenvalue weighted by atomic mass is 9.76. The van der Waals surface area contributed by atoms with Gasteiger partial charge in [-0.2, -0.15) is 0 Å². The molecular weight excluding hydrogens is 766 g/mol. The van der Waals surface area contributed by atoms with Gasteiger partial charge in [0, 0.05) is 5.92 Å². The van der Waals surface area contributed by atoms with Crippen molar-refractivity contribution < 1.29 is 115 Å². The molecule has 24 nitrogen and oxygen atoms in total. The molecule has 26 unspecified atom stereocenters. The Balaban J connectivity index is 1.22. The lowest BCUT2D eigenvalue weighted by Gasteiger charge is -2.51. The molecule has 1 aliphatic carbocycles. The highest BCUT2D eigenvalue weighted by molar-refractivity contribution is 5.06. The number of aliphatic hydroxyl groups excluding tert-OH is 16. The van der Waals surface area contributed by atoms with Crippen LogP contribution in [0.5, 0.6) is 0 Å². The van der Waals surface area contributed by atoms with Crippen molar-refractivity contribution in [2.45, 2.75) is 167 Å². The predicted molar refractivity (Wildman–Crippen MR) is 175 cm³/mol. The highest BCUT2D eigenvalue weighted by Crippen LogP contribution is 2.35. The van der Waals surface area contributed by atoms with Gasteiger partial charge < -0.3 is 120 Å². The van der Waals surface area contributed by atoms with E-state index >= 15 is 0 Å². The summed E-state index contributed by atoms with van der Waals surface area (Å²) >= 11 is 0. The Bertz CT molecular complexity index is 1220. The molecular formula is C32H57NO23. The fourth-order valence-electron chi connectivity index (χ4n) is 7.93. The van der Waals surface area contributed by atoms with Crippen LogP contribution >= 0.6 is 0 Å². The fraction of sp³-hybridized carbons (Fsp3) is 1.00. The smallest absolute Gasteiger partial charge is 0.187 e. The minimum atomic E-state index is -1.96. The van der Waals surface area contributed by atoms with E-state index in [4.69, 9.17) is 33.2 Å². The summed E-state index contributed by atoms with van der Waals surface area (Å²) in [6.45, 7) is -0.358. The molecule has 0 aromatic rings. The molecule has 4 heterocycles. The Morgan fingerprint density at radius 3 is 1.36 bits per heavy atom. The molecule has 0 aromatic heterocycles. The minimum absolute atomic E-state index is 0.658. The van der Waals surface area contributed by atoms with E-state index in [2.05, 4.69) is 5.32 Å². The Hall–Kier alpha value is -0.960. The van der Waals surface area contributed by atoms with Crippen molar-refractivity contribution in [2.75, 3.05) is 26.4 Å². The maximum absolute atomic E-state index is 11.3. The van der Waals surface area contributed by atoms with Gasteiger partial charge in [0.2, 0.25) is 0 Å². The standard InChI is InChI=1S/C32H57NO23/c1-7-13(33-14-16(39)9(3-34)27(22(45)19(14)42)54-31-25(48)20(43)17(40)10(4-35)52-31)18(41)24(47)30(51-7)55-29-12(6-37)53-32(26(49)23(29)46)56-28-11(5-36)50-8(2)15(38)21(28)44/h7-49H,3-6H2,1-2H3. The van der Waals surface area contributed by atoms with Crippen LogP contribution in [0, 0.1) is 5.92 Å². The van der Waals surface area contributed by atoms with Crippen molar-refractivity contribution in [1.29, 1.82) is 0 Å². The van der Waals surface area contributed by atoms with Gasteiger partial charge in [-0.15, -0.1) is 0 Å². The zero-order valence-electron chi connectivity index (χ0n) is 30.4. The molecule has 328 valence electrons. The third-order valence-electron chi connectivity index (χ3n) is 11.4. The SMILES string of the molecule is CC1OC(CO)C(OC2OC(CO)C(OC3OC(C)C(NC4C(O)C(O)C(OC5OC(CO)C(O)C(O)C5O)C(CO)C4O)C(O)C3O)C(O)C2O)C(O)C1O. The molecule has 1 saturated carbocycles. The zero-order valence-corrected chi connectivity index (χ0v) is 30.4. The molecule has 17 N–H and O–H groups in total. The van der Waals surface area contributed by atoms with Crippen LogP contribution in [-0.2, 0) is 33.2 Å². The van der Waals surface area contributed by atoms with E-state index < -0.39 is 185 Å². The molecule has 4 aliphatic heterocycles. The summed E-state index contributed by atoms with van der Waals surface area (Å²) in [5.74, 6) is -1.42.